The maximum absolute atomic E-state index is 11.1. The first-order chi connectivity index (χ1) is 5.05. The number of ether oxygens (including phenoxy) is 1. The van der Waals surface area contributed by atoms with Gasteiger partial charge in [0.05, 0.1) is 12.2 Å². The summed E-state index contributed by atoms with van der Waals surface area (Å²) in [7, 11) is 0. The van der Waals surface area contributed by atoms with E-state index in [1.165, 1.54) is 0 Å². The third-order valence-corrected chi connectivity index (χ3v) is 1.71. The molecule has 1 aliphatic rings. The number of hydrogen-bond acceptors (Lipinski definition) is 3. The summed E-state index contributed by atoms with van der Waals surface area (Å²) in [5, 5.41) is 10.2. The summed E-state index contributed by atoms with van der Waals surface area (Å²) in [6.45, 7) is 3.84. The molecule has 1 aliphatic heterocycles. The molecule has 0 atom stereocenters. The van der Waals surface area contributed by atoms with Crippen molar-refractivity contribution >= 4 is 5.78 Å². The second-order valence-corrected chi connectivity index (χ2v) is 3.29. The van der Waals surface area contributed by atoms with Crippen LogP contribution in [0.25, 0.3) is 0 Å². The molecule has 62 valence electrons. The molecule has 0 saturated carbocycles. The van der Waals surface area contributed by atoms with E-state index in [9.17, 15) is 9.90 Å². The van der Waals surface area contributed by atoms with Crippen LogP contribution in [-0.4, -0.2) is 18.0 Å². The van der Waals surface area contributed by atoms with Gasteiger partial charge in [-0.3, -0.25) is 4.79 Å². The van der Waals surface area contributed by atoms with Crippen LogP contribution in [0.15, 0.2) is 11.8 Å². The summed E-state index contributed by atoms with van der Waals surface area (Å²) in [5.41, 5.74) is -0.145. The average Bonchev–Trinajstić information content (AvgIpc) is 1.86. The van der Waals surface area contributed by atoms with Crippen LogP contribution < -0.4 is 5.11 Å². The molecule has 3 nitrogen and oxygen atoms in total. The summed E-state index contributed by atoms with van der Waals surface area (Å²) in [6, 6.07) is 0. The quantitative estimate of drug-likeness (QED) is 0.365. The van der Waals surface area contributed by atoms with Gasteiger partial charge in [-0.1, -0.05) is 0 Å². The van der Waals surface area contributed by atoms with E-state index in [1.54, 1.807) is 0 Å². The zero-order valence-corrected chi connectivity index (χ0v) is 6.72. The lowest BCUT2D eigenvalue weighted by molar-refractivity contribution is -0.277. The van der Waals surface area contributed by atoms with Crippen LogP contribution in [0.1, 0.15) is 20.3 Å². The summed E-state index contributed by atoms with van der Waals surface area (Å²) >= 11 is 0. The molecule has 1 saturated heterocycles. The lowest BCUT2D eigenvalue weighted by atomic mass is 9.95. The number of rotatable bonds is 0. The van der Waals surface area contributed by atoms with Crippen molar-refractivity contribution in [2.75, 3.05) is 6.61 Å². The summed E-state index contributed by atoms with van der Waals surface area (Å²) < 4.78 is 5.25. The number of hydrogen-bond donors (Lipinski definition) is 0. The Bertz CT molecular complexity index is 203. The highest BCUT2D eigenvalue weighted by molar-refractivity contribution is 5.96. The third kappa shape index (κ3) is 1.80. The molecule has 1 rings (SSSR count). The molecule has 0 radical (unpaired) electrons. The van der Waals surface area contributed by atoms with Crippen molar-refractivity contribution in [1.29, 1.82) is 0 Å². The number of carbonyl (C=O) groups is 1. The van der Waals surface area contributed by atoms with E-state index < -0.39 is 5.60 Å². The zero-order valence-electron chi connectivity index (χ0n) is 6.72. The largest absolute Gasteiger partial charge is 0.878 e. The maximum Gasteiger partial charge on any atom is 0.162 e. The Hall–Kier alpha value is -0.830. The summed E-state index contributed by atoms with van der Waals surface area (Å²) in [5.74, 6) is -0.0868. The van der Waals surface area contributed by atoms with Crippen molar-refractivity contribution in [3.63, 3.8) is 0 Å². The monoisotopic (exact) mass is 155 g/mol. The van der Waals surface area contributed by atoms with Gasteiger partial charge in [-0.15, -0.1) is 6.26 Å². The number of ketones is 1. The number of carbonyl (C=O) groups excluding carboxylic acids is 1. The van der Waals surface area contributed by atoms with Crippen LogP contribution in [0.2, 0.25) is 0 Å². The van der Waals surface area contributed by atoms with Gasteiger partial charge in [-0.2, -0.15) is 0 Å². The van der Waals surface area contributed by atoms with Gasteiger partial charge in [0.15, 0.2) is 5.78 Å². The summed E-state index contributed by atoms with van der Waals surface area (Å²) in [4.78, 5) is 11.1. The average molecular weight is 155 g/mol. The van der Waals surface area contributed by atoms with Gasteiger partial charge >= 0.3 is 0 Å². The smallest absolute Gasteiger partial charge is 0.162 e. The van der Waals surface area contributed by atoms with Crippen molar-refractivity contribution < 1.29 is 14.6 Å². The van der Waals surface area contributed by atoms with E-state index in [1.807, 2.05) is 13.8 Å². The van der Waals surface area contributed by atoms with Crippen LogP contribution in [-0.2, 0) is 9.53 Å². The first-order valence-corrected chi connectivity index (χ1v) is 3.53. The van der Waals surface area contributed by atoms with Gasteiger partial charge in [0.1, 0.15) is 0 Å². The Kier molecular flexibility index (Phi) is 2.00. The topological polar surface area (TPSA) is 49.4 Å². The molecule has 3 heteroatoms. The van der Waals surface area contributed by atoms with Crippen molar-refractivity contribution in [1.82, 2.24) is 0 Å². The SMILES string of the molecule is CC1(C)CC(=O)/C(=C/[O-])CO1. The predicted octanol–water partition coefficient (Wildman–Crippen LogP) is -0.00140. The van der Waals surface area contributed by atoms with Crippen LogP contribution in [0.4, 0.5) is 0 Å². The third-order valence-electron chi connectivity index (χ3n) is 1.71. The van der Waals surface area contributed by atoms with Gasteiger partial charge < -0.3 is 9.84 Å². The minimum Gasteiger partial charge on any atom is -0.878 e. The highest BCUT2D eigenvalue weighted by Gasteiger charge is 2.29. The molecular weight excluding hydrogens is 144 g/mol. The van der Waals surface area contributed by atoms with E-state index in [2.05, 4.69) is 0 Å². The van der Waals surface area contributed by atoms with Gasteiger partial charge in [0.2, 0.25) is 0 Å². The molecule has 0 unspecified atom stereocenters. The second kappa shape index (κ2) is 2.66. The number of Topliss-reactive ketones (excluding diaryl/α,β-unsaturated/α-hetero) is 1. The second-order valence-electron chi connectivity index (χ2n) is 3.29. The standard InChI is InChI=1S/C8H12O3/c1-8(2)3-7(10)6(4-9)5-11-8/h4,9H,3,5H2,1-2H3/p-1/b6-4+. The van der Waals surface area contributed by atoms with E-state index in [4.69, 9.17) is 4.74 Å². The molecule has 0 aromatic carbocycles. The van der Waals surface area contributed by atoms with Crippen LogP contribution in [0, 0.1) is 0 Å². The van der Waals surface area contributed by atoms with Crippen LogP contribution >= 0.6 is 0 Å². The van der Waals surface area contributed by atoms with Gasteiger partial charge in [0.25, 0.3) is 0 Å². The first-order valence-electron chi connectivity index (χ1n) is 3.53. The molecule has 0 aromatic rings. The Morgan fingerprint density at radius 1 is 1.64 bits per heavy atom. The fourth-order valence-corrected chi connectivity index (χ4v) is 1.00. The van der Waals surface area contributed by atoms with Crippen molar-refractivity contribution in [2.24, 2.45) is 0 Å². The molecule has 0 bridgehead atoms. The molecule has 0 amide bonds. The van der Waals surface area contributed by atoms with E-state index >= 15 is 0 Å². The Labute approximate surface area is 65.7 Å². The fourth-order valence-electron chi connectivity index (χ4n) is 1.00. The molecule has 11 heavy (non-hydrogen) atoms. The van der Waals surface area contributed by atoms with Gasteiger partial charge in [-0.25, -0.2) is 0 Å². The lowest BCUT2D eigenvalue weighted by Crippen LogP contribution is -2.36. The van der Waals surface area contributed by atoms with Crippen LogP contribution in [0.5, 0.6) is 0 Å². The van der Waals surface area contributed by atoms with E-state index in [0.29, 0.717) is 12.7 Å². The van der Waals surface area contributed by atoms with Crippen LogP contribution in [0.3, 0.4) is 0 Å². The Balaban J connectivity index is 2.70. The molecule has 0 spiro atoms. The Morgan fingerprint density at radius 3 is 2.73 bits per heavy atom. The lowest BCUT2D eigenvalue weighted by Gasteiger charge is -2.30. The van der Waals surface area contributed by atoms with Crippen molar-refractivity contribution in [2.45, 2.75) is 25.9 Å². The molecule has 0 aromatic heterocycles. The summed E-state index contributed by atoms with van der Waals surface area (Å²) in [6.07, 6.45) is 0.888. The highest BCUT2D eigenvalue weighted by Crippen LogP contribution is 2.23. The van der Waals surface area contributed by atoms with Gasteiger partial charge in [-0.05, 0) is 13.8 Å². The van der Waals surface area contributed by atoms with Crippen molar-refractivity contribution in [3.8, 4) is 0 Å². The van der Waals surface area contributed by atoms with Crippen molar-refractivity contribution in [3.05, 3.63) is 11.8 Å². The minimum absolute atomic E-state index is 0.0868. The van der Waals surface area contributed by atoms with E-state index in [0.717, 1.165) is 0 Å². The first kappa shape index (κ1) is 8.27. The highest BCUT2D eigenvalue weighted by atomic mass is 16.5. The molecule has 1 fully saturated rings. The molecule has 0 N–H and O–H groups in total. The zero-order chi connectivity index (χ0) is 8.48. The predicted molar refractivity (Wildman–Crippen MR) is 37.7 cm³/mol. The molecule has 0 aliphatic carbocycles. The molecule has 1 heterocycles. The maximum atomic E-state index is 11.1. The minimum atomic E-state index is -0.399. The van der Waals surface area contributed by atoms with Gasteiger partial charge in [0, 0.05) is 12.0 Å². The fraction of sp³-hybridized carbons (Fsp3) is 0.625. The molecular formula is C8H11O3-. The Morgan fingerprint density at radius 2 is 2.27 bits per heavy atom. The normalized spacial score (nSPS) is 27.5. The van der Waals surface area contributed by atoms with E-state index in [-0.39, 0.29) is 18.0 Å².